The fraction of sp³-hybridized carbons (Fsp3) is 0.583. The van der Waals surface area contributed by atoms with Gasteiger partial charge in [0.15, 0.2) is 0 Å². The Balaban J connectivity index is 1.84. The summed E-state index contributed by atoms with van der Waals surface area (Å²) in [6.07, 6.45) is 1.75. The monoisotopic (exact) mass is 255 g/mol. The van der Waals surface area contributed by atoms with Crippen molar-refractivity contribution >= 4 is 17.4 Å². The SMILES string of the molecule is CC(CN1CCOCC1)Nc1ncccc1Cl. The minimum absolute atomic E-state index is 0.320. The van der Waals surface area contributed by atoms with Gasteiger partial charge in [-0.25, -0.2) is 4.98 Å². The molecule has 1 aliphatic rings. The highest BCUT2D eigenvalue weighted by molar-refractivity contribution is 6.32. The molecule has 0 bridgehead atoms. The third-order valence-electron chi connectivity index (χ3n) is 2.78. The van der Waals surface area contributed by atoms with Gasteiger partial charge in [0.05, 0.1) is 18.2 Å². The third kappa shape index (κ3) is 3.84. The first kappa shape index (κ1) is 12.6. The molecule has 1 atom stereocenters. The largest absolute Gasteiger partial charge is 0.379 e. The maximum Gasteiger partial charge on any atom is 0.144 e. The van der Waals surface area contributed by atoms with Crippen LogP contribution in [0.1, 0.15) is 6.92 Å². The van der Waals surface area contributed by atoms with Gasteiger partial charge in [0.1, 0.15) is 5.82 Å². The molecule has 5 heteroatoms. The Morgan fingerprint density at radius 2 is 2.29 bits per heavy atom. The normalized spacial score (nSPS) is 18.9. The minimum atomic E-state index is 0.320. The molecule has 0 saturated carbocycles. The average Bonchev–Trinajstić information content (AvgIpc) is 2.33. The quantitative estimate of drug-likeness (QED) is 0.891. The third-order valence-corrected chi connectivity index (χ3v) is 3.08. The first-order valence-corrected chi connectivity index (χ1v) is 6.30. The molecule has 1 N–H and O–H groups in total. The number of anilines is 1. The zero-order valence-electron chi connectivity index (χ0n) is 10.0. The lowest BCUT2D eigenvalue weighted by molar-refractivity contribution is 0.0368. The Hall–Kier alpha value is -0.840. The van der Waals surface area contributed by atoms with E-state index in [1.165, 1.54) is 0 Å². The smallest absolute Gasteiger partial charge is 0.144 e. The molecule has 0 radical (unpaired) electrons. The fourth-order valence-electron chi connectivity index (χ4n) is 1.94. The predicted molar refractivity (Wildman–Crippen MR) is 69.6 cm³/mol. The number of ether oxygens (including phenoxy) is 1. The number of nitrogens with zero attached hydrogens (tertiary/aromatic N) is 2. The maximum absolute atomic E-state index is 6.05. The van der Waals surface area contributed by atoms with Crippen molar-refractivity contribution in [1.82, 2.24) is 9.88 Å². The first-order chi connectivity index (χ1) is 8.25. The van der Waals surface area contributed by atoms with E-state index in [0.29, 0.717) is 11.1 Å². The molecule has 0 aliphatic carbocycles. The van der Waals surface area contributed by atoms with E-state index in [1.807, 2.05) is 12.1 Å². The summed E-state index contributed by atoms with van der Waals surface area (Å²) < 4.78 is 5.32. The van der Waals surface area contributed by atoms with E-state index in [1.54, 1.807) is 6.20 Å². The summed E-state index contributed by atoms with van der Waals surface area (Å²) in [7, 11) is 0. The van der Waals surface area contributed by atoms with Crippen LogP contribution in [0.3, 0.4) is 0 Å². The van der Waals surface area contributed by atoms with Gasteiger partial charge in [0.25, 0.3) is 0 Å². The van der Waals surface area contributed by atoms with Crippen molar-refractivity contribution in [2.24, 2.45) is 0 Å². The van der Waals surface area contributed by atoms with Gasteiger partial charge in [-0.2, -0.15) is 0 Å². The first-order valence-electron chi connectivity index (χ1n) is 5.93. The fourth-order valence-corrected chi connectivity index (χ4v) is 2.12. The Morgan fingerprint density at radius 1 is 1.53 bits per heavy atom. The molecule has 0 aromatic carbocycles. The van der Waals surface area contributed by atoms with Gasteiger partial charge in [-0.15, -0.1) is 0 Å². The van der Waals surface area contributed by atoms with E-state index < -0.39 is 0 Å². The summed E-state index contributed by atoms with van der Waals surface area (Å²) in [6.45, 7) is 6.79. The van der Waals surface area contributed by atoms with E-state index in [2.05, 4.69) is 22.1 Å². The van der Waals surface area contributed by atoms with Gasteiger partial charge in [-0.3, -0.25) is 4.90 Å². The Bertz CT molecular complexity index is 355. The van der Waals surface area contributed by atoms with E-state index in [9.17, 15) is 0 Å². The second-order valence-electron chi connectivity index (χ2n) is 4.29. The summed E-state index contributed by atoms with van der Waals surface area (Å²) in [5.74, 6) is 0.759. The van der Waals surface area contributed by atoms with Crippen LogP contribution in [-0.4, -0.2) is 48.8 Å². The molecule has 1 fully saturated rings. The van der Waals surface area contributed by atoms with Gasteiger partial charge in [0.2, 0.25) is 0 Å². The van der Waals surface area contributed by atoms with Crippen LogP contribution in [0.4, 0.5) is 5.82 Å². The van der Waals surface area contributed by atoms with Crippen LogP contribution in [-0.2, 0) is 4.74 Å². The molecule has 0 spiro atoms. The summed E-state index contributed by atoms with van der Waals surface area (Å²) in [6, 6.07) is 4.00. The highest BCUT2D eigenvalue weighted by Gasteiger charge is 2.14. The summed E-state index contributed by atoms with van der Waals surface area (Å²) in [4.78, 5) is 6.61. The van der Waals surface area contributed by atoms with Crippen LogP contribution in [0.5, 0.6) is 0 Å². The predicted octanol–water partition coefficient (Wildman–Crippen LogP) is 1.87. The van der Waals surface area contributed by atoms with Crippen molar-refractivity contribution in [2.75, 3.05) is 38.2 Å². The van der Waals surface area contributed by atoms with Crippen molar-refractivity contribution in [3.8, 4) is 0 Å². The number of rotatable bonds is 4. The summed E-state index contributed by atoms with van der Waals surface area (Å²) in [5.41, 5.74) is 0. The molecular formula is C12H18ClN3O. The molecule has 0 amide bonds. The highest BCUT2D eigenvalue weighted by atomic mass is 35.5. The molecule has 2 heterocycles. The van der Waals surface area contributed by atoms with Gasteiger partial charge in [-0.1, -0.05) is 11.6 Å². The molecule has 1 aromatic heterocycles. The van der Waals surface area contributed by atoms with Gasteiger partial charge in [0, 0.05) is 31.9 Å². The molecule has 4 nitrogen and oxygen atoms in total. The molecule has 1 aliphatic heterocycles. The van der Waals surface area contributed by atoms with Crippen LogP contribution in [0.15, 0.2) is 18.3 Å². The second-order valence-corrected chi connectivity index (χ2v) is 4.70. The van der Waals surface area contributed by atoms with Crippen molar-refractivity contribution in [2.45, 2.75) is 13.0 Å². The Labute approximate surface area is 107 Å². The van der Waals surface area contributed by atoms with Crippen LogP contribution in [0.2, 0.25) is 5.02 Å². The summed E-state index contributed by atoms with van der Waals surface area (Å²) >= 11 is 6.05. The molecule has 1 saturated heterocycles. The van der Waals surface area contributed by atoms with Gasteiger partial charge in [-0.05, 0) is 19.1 Å². The number of morpholine rings is 1. The highest BCUT2D eigenvalue weighted by Crippen LogP contribution is 2.18. The number of hydrogen-bond acceptors (Lipinski definition) is 4. The van der Waals surface area contributed by atoms with Gasteiger partial charge < -0.3 is 10.1 Å². The van der Waals surface area contributed by atoms with Crippen LogP contribution < -0.4 is 5.32 Å². The molecule has 1 unspecified atom stereocenters. The molecule has 1 aromatic rings. The minimum Gasteiger partial charge on any atom is -0.379 e. The standard InChI is InChI=1S/C12H18ClN3O/c1-10(9-16-5-7-17-8-6-16)15-12-11(13)3-2-4-14-12/h2-4,10H,5-9H2,1H3,(H,14,15). The number of pyridine rings is 1. The van der Waals surface area contributed by atoms with Crippen LogP contribution in [0, 0.1) is 0 Å². The lowest BCUT2D eigenvalue weighted by Gasteiger charge is -2.29. The summed E-state index contributed by atoms with van der Waals surface area (Å²) in [5, 5.41) is 4.00. The number of nitrogens with one attached hydrogen (secondary N) is 1. The molecule has 2 rings (SSSR count). The number of aromatic nitrogens is 1. The van der Waals surface area contributed by atoms with E-state index in [-0.39, 0.29) is 0 Å². The second kappa shape index (κ2) is 6.19. The van der Waals surface area contributed by atoms with Crippen LogP contribution in [0.25, 0.3) is 0 Å². The lowest BCUT2D eigenvalue weighted by Crippen LogP contribution is -2.42. The Morgan fingerprint density at radius 3 is 3.00 bits per heavy atom. The van der Waals surface area contributed by atoms with Crippen LogP contribution >= 0.6 is 11.6 Å². The zero-order valence-corrected chi connectivity index (χ0v) is 10.8. The Kier molecular flexibility index (Phi) is 4.59. The van der Waals surface area contributed by atoms with Gasteiger partial charge >= 0.3 is 0 Å². The molecule has 17 heavy (non-hydrogen) atoms. The number of halogens is 1. The number of hydrogen-bond donors (Lipinski definition) is 1. The van der Waals surface area contributed by atoms with Crippen molar-refractivity contribution in [1.29, 1.82) is 0 Å². The van der Waals surface area contributed by atoms with Crippen molar-refractivity contribution < 1.29 is 4.74 Å². The lowest BCUT2D eigenvalue weighted by atomic mass is 10.3. The molecular weight excluding hydrogens is 238 g/mol. The topological polar surface area (TPSA) is 37.4 Å². The van der Waals surface area contributed by atoms with E-state index in [4.69, 9.17) is 16.3 Å². The molecule has 94 valence electrons. The van der Waals surface area contributed by atoms with E-state index >= 15 is 0 Å². The van der Waals surface area contributed by atoms with E-state index in [0.717, 1.165) is 38.7 Å². The maximum atomic E-state index is 6.05. The van der Waals surface area contributed by atoms with Crippen molar-refractivity contribution in [3.05, 3.63) is 23.4 Å². The zero-order chi connectivity index (χ0) is 12.1. The average molecular weight is 256 g/mol. The van der Waals surface area contributed by atoms with Crippen molar-refractivity contribution in [3.63, 3.8) is 0 Å².